The average molecular weight is 203 g/mol. The van der Waals surface area contributed by atoms with Gasteiger partial charge in [0.1, 0.15) is 0 Å². The summed E-state index contributed by atoms with van der Waals surface area (Å²) in [6.45, 7) is 1.72. The molecule has 6 heteroatoms. The molecule has 3 N–H and O–H groups in total. The Morgan fingerprint density at radius 1 is 1.54 bits per heavy atom. The molecule has 0 aromatic heterocycles. The standard InChI is InChI=1S/C7H9NO4S/c1-5-2-3-7(6(9)4-5)13(10,11)12-8/h2-4,9H,8H2,1H3/q+1. The van der Waals surface area contributed by atoms with Crippen LogP contribution in [0.5, 0.6) is 5.75 Å². The van der Waals surface area contributed by atoms with Crippen LogP contribution in [0.1, 0.15) is 5.56 Å². The van der Waals surface area contributed by atoms with Gasteiger partial charge < -0.3 is 5.11 Å². The normalized spacial score (nSPS) is 15.3. The van der Waals surface area contributed by atoms with Crippen molar-refractivity contribution in [2.45, 2.75) is 11.8 Å². The Hall–Kier alpha value is -0.950. The second-order valence-electron chi connectivity index (χ2n) is 2.52. The van der Waals surface area contributed by atoms with Gasteiger partial charge in [-0.15, -0.1) is 0 Å². The molecule has 0 aliphatic rings. The van der Waals surface area contributed by atoms with Gasteiger partial charge in [-0.3, -0.25) is 0 Å². The average Bonchev–Trinajstić information content (AvgIpc) is 2.03. The molecule has 1 aromatic rings. The predicted octanol–water partition coefficient (Wildman–Crippen LogP) is 0.710. The van der Waals surface area contributed by atoms with Crippen molar-refractivity contribution in [3.8, 4) is 5.75 Å². The molecular formula is C7H9NO4S+. The number of hydrogen-bond donors (Lipinski definition) is 2. The summed E-state index contributed by atoms with van der Waals surface area (Å²) in [6, 6.07) is 4.07. The first-order valence-corrected chi connectivity index (χ1v) is 4.81. The third-order valence-electron chi connectivity index (χ3n) is 1.51. The molecule has 0 heterocycles. The number of aryl methyl sites for hydroxylation is 1. The highest BCUT2D eigenvalue weighted by Crippen LogP contribution is 2.27. The Kier molecular flexibility index (Phi) is 2.67. The quantitative estimate of drug-likeness (QED) is 0.546. The number of phenolic OH excluding ortho intramolecular Hbond substituents is 1. The zero-order valence-electron chi connectivity index (χ0n) is 6.89. The van der Waals surface area contributed by atoms with Crippen LogP contribution in [0.2, 0.25) is 0 Å². The SMILES string of the molecule is Cc1ccc([S+]([O])(=O)ON)c(O)c1. The fourth-order valence-corrected chi connectivity index (χ4v) is 1.54. The molecule has 1 aromatic carbocycles. The minimum atomic E-state index is -4.02. The fraction of sp³-hybridized carbons (Fsp3) is 0.143. The number of benzene rings is 1. The molecule has 71 valence electrons. The molecule has 1 radical (unpaired) electrons. The summed E-state index contributed by atoms with van der Waals surface area (Å²) in [7, 11) is -4.02. The van der Waals surface area contributed by atoms with Crippen LogP contribution in [0.4, 0.5) is 0 Å². The Balaban J connectivity index is 3.24. The molecule has 0 bridgehead atoms. The Morgan fingerprint density at radius 2 is 2.15 bits per heavy atom. The van der Waals surface area contributed by atoms with E-state index in [0.717, 1.165) is 5.56 Å². The van der Waals surface area contributed by atoms with Crippen molar-refractivity contribution in [1.82, 2.24) is 0 Å². The van der Waals surface area contributed by atoms with E-state index in [1.807, 2.05) is 0 Å². The molecule has 0 fully saturated rings. The molecule has 0 aliphatic heterocycles. The van der Waals surface area contributed by atoms with Crippen LogP contribution < -0.4 is 5.90 Å². The first kappa shape index (κ1) is 10.1. The van der Waals surface area contributed by atoms with Crippen LogP contribution in [-0.4, -0.2) is 5.11 Å². The highest BCUT2D eigenvalue weighted by molar-refractivity contribution is 7.93. The Bertz CT molecular complexity index is 366. The van der Waals surface area contributed by atoms with Crippen molar-refractivity contribution < 1.29 is 18.2 Å². The van der Waals surface area contributed by atoms with Crippen LogP contribution in [0.15, 0.2) is 23.1 Å². The summed E-state index contributed by atoms with van der Waals surface area (Å²) in [5.74, 6) is 4.18. The number of nitrogens with two attached hydrogens (primary N) is 1. The maximum Gasteiger partial charge on any atom is 0.451 e. The van der Waals surface area contributed by atoms with E-state index in [9.17, 15) is 13.9 Å². The van der Waals surface area contributed by atoms with Crippen LogP contribution >= 0.6 is 0 Å². The van der Waals surface area contributed by atoms with E-state index >= 15 is 0 Å². The molecule has 5 nitrogen and oxygen atoms in total. The zero-order chi connectivity index (χ0) is 10.1. The van der Waals surface area contributed by atoms with Crippen molar-refractivity contribution in [2.24, 2.45) is 5.90 Å². The Morgan fingerprint density at radius 3 is 2.62 bits per heavy atom. The number of aromatic hydroxyl groups is 1. The highest BCUT2D eigenvalue weighted by Gasteiger charge is 2.37. The molecular weight excluding hydrogens is 194 g/mol. The van der Waals surface area contributed by atoms with Gasteiger partial charge in [0.15, 0.2) is 5.75 Å². The van der Waals surface area contributed by atoms with E-state index in [1.165, 1.54) is 18.2 Å². The molecule has 0 saturated carbocycles. The number of rotatable bonds is 2. The molecule has 0 saturated heterocycles. The summed E-state index contributed by atoms with van der Waals surface area (Å²) in [5.41, 5.74) is 0.744. The lowest BCUT2D eigenvalue weighted by atomic mass is 10.2. The van der Waals surface area contributed by atoms with Crippen molar-refractivity contribution in [3.05, 3.63) is 23.8 Å². The second kappa shape index (κ2) is 3.43. The van der Waals surface area contributed by atoms with Crippen molar-refractivity contribution >= 4 is 10.5 Å². The summed E-state index contributed by atoms with van der Waals surface area (Å²) in [6.07, 6.45) is 0. The highest BCUT2D eigenvalue weighted by atomic mass is 32.3. The van der Waals surface area contributed by atoms with Gasteiger partial charge in [0.25, 0.3) is 4.90 Å². The van der Waals surface area contributed by atoms with Gasteiger partial charge in [-0.05, 0) is 27.0 Å². The molecule has 1 atom stereocenters. The van der Waals surface area contributed by atoms with E-state index in [-0.39, 0.29) is 10.6 Å². The first-order valence-electron chi connectivity index (χ1n) is 3.40. The molecule has 0 spiro atoms. The van der Waals surface area contributed by atoms with Gasteiger partial charge in [0.05, 0.1) is 4.55 Å². The van der Waals surface area contributed by atoms with Gasteiger partial charge in [-0.1, -0.05) is 6.07 Å². The van der Waals surface area contributed by atoms with Crippen LogP contribution in [0.25, 0.3) is 0 Å². The topological polar surface area (TPSA) is 92.5 Å². The molecule has 1 rings (SSSR count). The van der Waals surface area contributed by atoms with Crippen molar-refractivity contribution in [3.63, 3.8) is 0 Å². The predicted molar refractivity (Wildman–Crippen MR) is 45.1 cm³/mol. The first-order chi connectivity index (χ1) is 5.97. The van der Waals surface area contributed by atoms with Crippen molar-refractivity contribution in [1.29, 1.82) is 0 Å². The maximum absolute atomic E-state index is 11.0. The fourth-order valence-electron chi connectivity index (χ4n) is 0.891. The van der Waals surface area contributed by atoms with Crippen LogP contribution in [-0.2, 0) is 23.5 Å². The minimum Gasteiger partial charge on any atom is -0.503 e. The zero-order valence-corrected chi connectivity index (χ0v) is 7.71. The lowest BCUT2D eigenvalue weighted by Crippen LogP contribution is -2.16. The number of hydrogen-bond acceptors (Lipinski definition) is 4. The molecule has 0 amide bonds. The van der Waals surface area contributed by atoms with E-state index in [0.29, 0.717) is 0 Å². The van der Waals surface area contributed by atoms with E-state index in [2.05, 4.69) is 10.2 Å². The van der Waals surface area contributed by atoms with Crippen molar-refractivity contribution in [2.75, 3.05) is 0 Å². The monoisotopic (exact) mass is 203 g/mol. The van der Waals surface area contributed by atoms with E-state index < -0.39 is 10.5 Å². The lowest BCUT2D eigenvalue weighted by molar-refractivity contribution is 0.259. The van der Waals surface area contributed by atoms with E-state index in [4.69, 9.17) is 0 Å². The molecule has 13 heavy (non-hydrogen) atoms. The molecule has 1 unspecified atom stereocenters. The van der Waals surface area contributed by atoms with Gasteiger partial charge in [-0.2, -0.15) is 5.90 Å². The van der Waals surface area contributed by atoms with Gasteiger partial charge >= 0.3 is 10.5 Å². The van der Waals surface area contributed by atoms with Gasteiger partial charge in [-0.25, -0.2) is 0 Å². The maximum atomic E-state index is 11.0. The van der Waals surface area contributed by atoms with Gasteiger partial charge in [0, 0.05) is 6.07 Å². The number of phenols is 1. The van der Waals surface area contributed by atoms with Crippen LogP contribution in [0.3, 0.4) is 0 Å². The second-order valence-corrected chi connectivity index (χ2v) is 4.06. The third-order valence-corrected chi connectivity index (χ3v) is 2.65. The third kappa shape index (κ3) is 2.04. The summed E-state index contributed by atoms with van der Waals surface area (Å²) in [5, 5.41) is 9.24. The van der Waals surface area contributed by atoms with Gasteiger partial charge in [0.2, 0.25) is 0 Å². The lowest BCUT2D eigenvalue weighted by Gasteiger charge is -1.99. The molecule has 0 aliphatic carbocycles. The minimum absolute atomic E-state index is 0.333. The summed E-state index contributed by atoms with van der Waals surface area (Å²) in [4.78, 5) is -0.333. The smallest absolute Gasteiger partial charge is 0.451 e. The summed E-state index contributed by atoms with van der Waals surface area (Å²) < 4.78 is 25.8. The Labute approximate surface area is 76.6 Å². The summed E-state index contributed by atoms with van der Waals surface area (Å²) >= 11 is 0. The van der Waals surface area contributed by atoms with Crippen LogP contribution in [0, 0.1) is 6.92 Å². The largest absolute Gasteiger partial charge is 0.503 e. The van der Waals surface area contributed by atoms with E-state index in [1.54, 1.807) is 6.92 Å².